The molecule has 6 heteroatoms. The zero-order valence-corrected chi connectivity index (χ0v) is 12.3. The Morgan fingerprint density at radius 3 is 2.63 bits per heavy atom. The van der Waals surface area contributed by atoms with Gasteiger partial charge in [0.05, 0.1) is 26.3 Å². The fourth-order valence-electron chi connectivity index (χ4n) is 1.97. The van der Waals surface area contributed by atoms with Gasteiger partial charge in [0, 0.05) is 10.7 Å². The number of rotatable bonds is 4. The Balaban J connectivity index is 1.65. The maximum atomic E-state index is 5.83. The second kappa shape index (κ2) is 7.65. The average Bonchev–Trinajstić information content (AvgIpc) is 2.43. The molecule has 1 aliphatic heterocycles. The number of quaternary nitrogens is 1. The van der Waals surface area contributed by atoms with Gasteiger partial charge in [-0.05, 0) is 36.5 Å². The quantitative estimate of drug-likeness (QED) is 0.710. The third-order valence-corrected chi connectivity index (χ3v) is 3.56. The lowest BCUT2D eigenvalue weighted by atomic mass is 10.3. The molecule has 1 saturated heterocycles. The minimum atomic E-state index is 0.648. The average molecular weight is 301 g/mol. The number of thiocarbonyl (C=S) groups is 1. The summed E-state index contributed by atoms with van der Waals surface area (Å²) in [4.78, 5) is 1.56. The second-order valence-electron chi connectivity index (χ2n) is 4.50. The predicted octanol–water partition coefficient (Wildman–Crippen LogP) is 0.542. The zero-order chi connectivity index (χ0) is 13.5. The summed E-state index contributed by atoms with van der Waals surface area (Å²) in [5.74, 6) is 0. The van der Waals surface area contributed by atoms with Crippen molar-refractivity contribution in [2.75, 3.05) is 44.7 Å². The number of hydrogen-bond donors (Lipinski definition) is 3. The van der Waals surface area contributed by atoms with Crippen LogP contribution < -0.4 is 15.5 Å². The molecule has 0 unspecified atom stereocenters. The molecule has 0 aliphatic carbocycles. The number of anilines is 1. The van der Waals surface area contributed by atoms with Crippen LogP contribution in [0, 0.1) is 0 Å². The van der Waals surface area contributed by atoms with Gasteiger partial charge in [-0.15, -0.1) is 0 Å². The first-order valence-corrected chi connectivity index (χ1v) is 7.24. The van der Waals surface area contributed by atoms with Crippen LogP contribution in [-0.2, 0) is 4.74 Å². The molecular formula is C13H19ClN3OS+. The van der Waals surface area contributed by atoms with E-state index in [9.17, 15) is 0 Å². The first-order chi connectivity index (χ1) is 9.24. The van der Waals surface area contributed by atoms with Crippen molar-refractivity contribution in [3.05, 3.63) is 29.3 Å². The molecule has 0 amide bonds. The number of hydrogen-bond acceptors (Lipinski definition) is 2. The Hall–Kier alpha value is -0.880. The van der Waals surface area contributed by atoms with E-state index in [4.69, 9.17) is 28.6 Å². The smallest absolute Gasteiger partial charge is 0.170 e. The highest BCUT2D eigenvalue weighted by Crippen LogP contribution is 2.12. The zero-order valence-electron chi connectivity index (χ0n) is 10.7. The van der Waals surface area contributed by atoms with Gasteiger partial charge in [0.25, 0.3) is 0 Å². The molecule has 1 heterocycles. The maximum Gasteiger partial charge on any atom is 0.170 e. The van der Waals surface area contributed by atoms with E-state index in [0.29, 0.717) is 5.11 Å². The van der Waals surface area contributed by atoms with Crippen LogP contribution in [0.3, 0.4) is 0 Å². The molecule has 0 radical (unpaired) electrons. The molecule has 1 fully saturated rings. The van der Waals surface area contributed by atoms with Crippen LogP contribution in [0.5, 0.6) is 0 Å². The van der Waals surface area contributed by atoms with E-state index in [2.05, 4.69) is 10.6 Å². The normalized spacial score (nSPS) is 16.1. The van der Waals surface area contributed by atoms with Crippen molar-refractivity contribution in [1.29, 1.82) is 0 Å². The van der Waals surface area contributed by atoms with Crippen LogP contribution in [0.1, 0.15) is 0 Å². The van der Waals surface area contributed by atoms with Crippen LogP contribution in [-0.4, -0.2) is 44.5 Å². The summed E-state index contributed by atoms with van der Waals surface area (Å²) in [7, 11) is 0. The largest absolute Gasteiger partial charge is 0.370 e. The summed E-state index contributed by atoms with van der Waals surface area (Å²) in [6.07, 6.45) is 0. The fraction of sp³-hybridized carbons (Fsp3) is 0.462. The Kier molecular flexibility index (Phi) is 5.85. The van der Waals surface area contributed by atoms with Crippen molar-refractivity contribution < 1.29 is 9.64 Å². The molecule has 4 nitrogen and oxygen atoms in total. The van der Waals surface area contributed by atoms with E-state index in [1.54, 1.807) is 4.90 Å². The Morgan fingerprint density at radius 2 is 1.95 bits per heavy atom. The first-order valence-electron chi connectivity index (χ1n) is 6.46. The van der Waals surface area contributed by atoms with Crippen molar-refractivity contribution in [2.45, 2.75) is 0 Å². The molecular weight excluding hydrogens is 282 g/mol. The number of ether oxygens (including phenoxy) is 1. The molecule has 0 bridgehead atoms. The van der Waals surface area contributed by atoms with Crippen molar-refractivity contribution in [2.24, 2.45) is 0 Å². The Bertz CT molecular complexity index is 407. The van der Waals surface area contributed by atoms with Gasteiger partial charge < -0.3 is 20.3 Å². The van der Waals surface area contributed by atoms with E-state index < -0.39 is 0 Å². The topological polar surface area (TPSA) is 37.7 Å². The molecule has 2 rings (SSSR count). The fourth-order valence-corrected chi connectivity index (χ4v) is 2.32. The lowest BCUT2D eigenvalue weighted by Crippen LogP contribution is -3.14. The van der Waals surface area contributed by atoms with Crippen molar-refractivity contribution in [3.63, 3.8) is 0 Å². The van der Waals surface area contributed by atoms with Gasteiger partial charge in [-0.1, -0.05) is 11.6 Å². The summed E-state index contributed by atoms with van der Waals surface area (Å²) in [6.45, 7) is 5.82. The number of halogens is 1. The summed E-state index contributed by atoms with van der Waals surface area (Å²) in [5.41, 5.74) is 0.945. The molecule has 0 spiro atoms. The lowest BCUT2D eigenvalue weighted by molar-refractivity contribution is -0.906. The van der Waals surface area contributed by atoms with Crippen molar-refractivity contribution in [1.82, 2.24) is 5.32 Å². The molecule has 1 aliphatic rings. The number of morpholine rings is 1. The highest BCUT2D eigenvalue weighted by Gasteiger charge is 2.12. The van der Waals surface area contributed by atoms with Crippen LogP contribution in [0.25, 0.3) is 0 Å². The van der Waals surface area contributed by atoms with Gasteiger partial charge in [-0.25, -0.2) is 0 Å². The standard InChI is InChI=1S/C13H18ClN3OS/c14-11-1-3-12(4-2-11)16-13(19)15-5-6-17-7-9-18-10-8-17/h1-4H,5-10H2,(H2,15,16,19)/p+1. The molecule has 104 valence electrons. The van der Waals surface area contributed by atoms with Crippen molar-refractivity contribution >= 4 is 34.6 Å². The molecule has 1 aromatic rings. The van der Waals surface area contributed by atoms with Gasteiger partial charge in [0.1, 0.15) is 13.1 Å². The molecule has 0 saturated carbocycles. The number of nitrogens with one attached hydrogen (secondary N) is 3. The van der Waals surface area contributed by atoms with Gasteiger partial charge in [-0.3, -0.25) is 0 Å². The van der Waals surface area contributed by atoms with E-state index in [-0.39, 0.29) is 0 Å². The minimum absolute atomic E-state index is 0.648. The lowest BCUT2D eigenvalue weighted by Gasteiger charge is -2.24. The van der Waals surface area contributed by atoms with E-state index >= 15 is 0 Å². The summed E-state index contributed by atoms with van der Waals surface area (Å²) >= 11 is 11.1. The van der Waals surface area contributed by atoms with E-state index in [1.165, 1.54) is 0 Å². The van der Waals surface area contributed by atoms with Crippen molar-refractivity contribution in [3.8, 4) is 0 Å². The molecule has 19 heavy (non-hydrogen) atoms. The third-order valence-electron chi connectivity index (χ3n) is 3.07. The SMILES string of the molecule is S=C(NCC[NH+]1CCOCC1)Nc1ccc(Cl)cc1. The monoisotopic (exact) mass is 300 g/mol. The van der Waals surface area contributed by atoms with Crippen LogP contribution in [0.4, 0.5) is 5.69 Å². The second-order valence-corrected chi connectivity index (χ2v) is 5.34. The van der Waals surface area contributed by atoms with Crippen LogP contribution >= 0.6 is 23.8 Å². The van der Waals surface area contributed by atoms with E-state index in [0.717, 1.165) is 50.1 Å². The van der Waals surface area contributed by atoms with Crippen LogP contribution in [0.15, 0.2) is 24.3 Å². The summed E-state index contributed by atoms with van der Waals surface area (Å²) < 4.78 is 5.33. The highest BCUT2D eigenvalue weighted by molar-refractivity contribution is 7.80. The maximum absolute atomic E-state index is 5.83. The van der Waals surface area contributed by atoms with Gasteiger partial charge in [-0.2, -0.15) is 0 Å². The third kappa shape index (κ3) is 5.32. The van der Waals surface area contributed by atoms with Gasteiger partial charge in [0.2, 0.25) is 0 Å². The molecule has 1 aromatic carbocycles. The number of benzene rings is 1. The molecule has 0 aromatic heterocycles. The highest BCUT2D eigenvalue weighted by atomic mass is 35.5. The summed E-state index contributed by atoms with van der Waals surface area (Å²) in [6, 6.07) is 7.49. The first kappa shape index (κ1) is 14.5. The van der Waals surface area contributed by atoms with Gasteiger partial charge in [0.15, 0.2) is 5.11 Å². The molecule has 0 atom stereocenters. The Labute approximate surface area is 124 Å². The van der Waals surface area contributed by atoms with Gasteiger partial charge >= 0.3 is 0 Å². The predicted molar refractivity (Wildman–Crippen MR) is 82.1 cm³/mol. The summed E-state index contributed by atoms with van der Waals surface area (Å²) in [5, 5.41) is 7.72. The molecule has 3 N–H and O–H groups in total. The van der Waals surface area contributed by atoms with Crippen LogP contribution in [0.2, 0.25) is 5.02 Å². The Morgan fingerprint density at radius 1 is 1.26 bits per heavy atom. The minimum Gasteiger partial charge on any atom is -0.370 e. The van der Waals surface area contributed by atoms with E-state index in [1.807, 2.05) is 24.3 Å².